The number of hydrogen-bond acceptors (Lipinski definition) is 7. The third-order valence-electron chi connectivity index (χ3n) is 3.20. The number of rotatable bonds is 1. The van der Waals surface area contributed by atoms with Crippen molar-refractivity contribution in [1.82, 2.24) is 0 Å². The summed E-state index contributed by atoms with van der Waals surface area (Å²) in [5, 5.41) is 39.1. The molecule has 7 heteroatoms. The topological polar surface area (TPSA) is 120 Å². The second-order valence-corrected chi connectivity index (χ2v) is 4.43. The molecule has 0 fully saturated rings. The highest BCUT2D eigenvalue weighted by atomic mass is 16.5. The summed E-state index contributed by atoms with van der Waals surface area (Å²) in [6.07, 6.45) is 0. The van der Waals surface area contributed by atoms with E-state index in [4.69, 9.17) is 9.15 Å². The number of ether oxygens (including phenoxy) is 1. The first-order valence-corrected chi connectivity index (χ1v) is 5.85. The van der Waals surface area contributed by atoms with Crippen LogP contribution in [0, 0.1) is 0 Å². The van der Waals surface area contributed by atoms with Crippen LogP contribution in [-0.4, -0.2) is 27.5 Å². The molecule has 0 radical (unpaired) electrons. The van der Waals surface area contributed by atoms with E-state index >= 15 is 0 Å². The van der Waals surface area contributed by atoms with Crippen LogP contribution in [-0.2, 0) is 0 Å². The molecular weight excluding hydrogens is 280 g/mol. The lowest BCUT2D eigenvalue weighted by Gasteiger charge is -2.10. The first kappa shape index (κ1) is 12.9. The predicted octanol–water partition coefficient (Wildman–Crippen LogP) is 1.78. The maximum absolute atomic E-state index is 11.9. The van der Waals surface area contributed by atoms with Crippen molar-refractivity contribution in [3.8, 4) is 28.7 Å². The van der Waals surface area contributed by atoms with Gasteiger partial charge in [0.2, 0.25) is 5.75 Å². The van der Waals surface area contributed by atoms with E-state index < -0.39 is 22.9 Å². The molecule has 0 atom stereocenters. The first-order chi connectivity index (χ1) is 9.93. The number of phenols is 4. The number of fused-ring (bicyclic) bond motifs is 3. The molecule has 0 saturated carbocycles. The predicted molar refractivity (Wildman–Crippen MR) is 73.2 cm³/mol. The van der Waals surface area contributed by atoms with Crippen molar-refractivity contribution in [1.29, 1.82) is 0 Å². The molecule has 3 aromatic rings. The van der Waals surface area contributed by atoms with Gasteiger partial charge in [-0.25, -0.2) is 4.79 Å². The minimum Gasteiger partial charge on any atom is -0.508 e. The summed E-state index contributed by atoms with van der Waals surface area (Å²) in [5.74, 6) is -1.99. The molecular formula is C14H10O7. The smallest absolute Gasteiger partial charge is 0.347 e. The quantitative estimate of drug-likeness (QED) is 0.306. The highest BCUT2D eigenvalue weighted by molar-refractivity contribution is 6.11. The van der Waals surface area contributed by atoms with Crippen LogP contribution < -0.4 is 10.4 Å². The minimum atomic E-state index is -0.845. The molecule has 0 bridgehead atoms. The Morgan fingerprint density at radius 3 is 2.38 bits per heavy atom. The van der Waals surface area contributed by atoms with Gasteiger partial charge in [0, 0.05) is 17.5 Å². The molecule has 0 aliphatic carbocycles. The summed E-state index contributed by atoms with van der Waals surface area (Å²) >= 11 is 0. The molecule has 108 valence electrons. The summed E-state index contributed by atoms with van der Waals surface area (Å²) in [5.41, 5.74) is -0.896. The normalized spacial score (nSPS) is 11.1. The molecule has 2 aromatic carbocycles. The van der Waals surface area contributed by atoms with Crippen LogP contribution in [0.3, 0.4) is 0 Å². The average molecular weight is 290 g/mol. The van der Waals surface area contributed by atoms with Gasteiger partial charge >= 0.3 is 5.63 Å². The van der Waals surface area contributed by atoms with Gasteiger partial charge in [-0.15, -0.1) is 0 Å². The number of aromatic hydroxyl groups is 4. The van der Waals surface area contributed by atoms with Crippen LogP contribution in [0.1, 0.15) is 0 Å². The van der Waals surface area contributed by atoms with Gasteiger partial charge in [0.25, 0.3) is 0 Å². The molecule has 0 amide bonds. The molecule has 4 N–H and O–H groups in total. The fourth-order valence-electron chi connectivity index (χ4n) is 2.28. The van der Waals surface area contributed by atoms with E-state index in [1.807, 2.05) is 0 Å². The third-order valence-corrected chi connectivity index (χ3v) is 3.20. The van der Waals surface area contributed by atoms with E-state index in [0.29, 0.717) is 0 Å². The molecule has 0 saturated heterocycles. The molecule has 1 heterocycles. The summed E-state index contributed by atoms with van der Waals surface area (Å²) in [7, 11) is 1.27. The van der Waals surface area contributed by atoms with E-state index in [9.17, 15) is 25.2 Å². The highest BCUT2D eigenvalue weighted by Crippen LogP contribution is 2.45. The van der Waals surface area contributed by atoms with Crippen LogP contribution in [0.15, 0.2) is 27.4 Å². The fraction of sp³-hybridized carbons (Fsp3) is 0.0714. The zero-order chi connectivity index (χ0) is 15.3. The summed E-state index contributed by atoms with van der Waals surface area (Å²) < 4.78 is 9.89. The Hall–Kier alpha value is -3.09. The van der Waals surface area contributed by atoms with E-state index in [0.717, 1.165) is 6.07 Å². The monoisotopic (exact) mass is 290 g/mol. The van der Waals surface area contributed by atoms with E-state index in [-0.39, 0.29) is 33.2 Å². The van der Waals surface area contributed by atoms with Gasteiger partial charge in [-0.05, 0) is 6.07 Å². The fourth-order valence-corrected chi connectivity index (χ4v) is 2.28. The van der Waals surface area contributed by atoms with Gasteiger partial charge in [0.15, 0.2) is 11.5 Å². The zero-order valence-corrected chi connectivity index (χ0v) is 10.7. The Morgan fingerprint density at radius 2 is 1.71 bits per heavy atom. The molecule has 0 spiro atoms. The Bertz CT molecular complexity index is 940. The lowest BCUT2D eigenvalue weighted by Crippen LogP contribution is -2.00. The van der Waals surface area contributed by atoms with Crippen molar-refractivity contribution in [2.45, 2.75) is 0 Å². The third kappa shape index (κ3) is 1.71. The van der Waals surface area contributed by atoms with Gasteiger partial charge in [-0.2, -0.15) is 0 Å². The lowest BCUT2D eigenvalue weighted by atomic mass is 10.0. The Labute approximate surface area is 116 Å². The van der Waals surface area contributed by atoms with Crippen LogP contribution >= 0.6 is 0 Å². The molecule has 0 aliphatic rings. The van der Waals surface area contributed by atoms with Gasteiger partial charge in [0.1, 0.15) is 22.5 Å². The molecule has 21 heavy (non-hydrogen) atoms. The van der Waals surface area contributed by atoms with Crippen molar-refractivity contribution in [3.63, 3.8) is 0 Å². The second-order valence-electron chi connectivity index (χ2n) is 4.43. The van der Waals surface area contributed by atoms with Gasteiger partial charge in [-0.3, -0.25) is 0 Å². The standard InChI is InChI=1S/C14H10O7/c1-20-9-4-8-11(13(18)12(9)17)6-2-5(15)3-7(16)10(6)14(19)21-8/h2-4,15-18H,1H3. The molecule has 7 nitrogen and oxygen atoms in total. The summed E-state index contributed by atoms with van der Waals surface area (Å²) in [6.45, 7) is 0. The largest absolute Gasteiger partial charge is 0.508 e. The zero-order valence-electron chi connectivity index (χ0n) is 10.7. The number of methoxy groups -OCH3 is 1. The Morgan fingerprint density at radius 1 is 1.00 bits per heavy atom. The molecule has 3 rings (SSSR count). The molecule has 0 unspecified atom stereocenters. The van der Waals surface area contributed by atoms with Crippen molar-refractivity contribution in [2.75, 3.05) is 7.11 Å². The van der Waals surface area contributed by atoms with Gasteiger partial charge < -0.3 is 29.6 Å². The number of phenolic OH excluding ortho intramolecular Hbond substituents is 4. The molecule has 0 aliphatic heterocycles. The maximum atomic E-state index is 11.9. The van der Waals surface area contributed by atoms with Crippen LogP contribution in [0.25, 0.3) is 21.7 Å². The van der Waals surface area contributed by atoms with Crippen LogP contribution in [0.2, 0.25) is 0 Å². The van der Waals surface area contributed by atoms with Crippen molar-refractivity contribution in [2.24, 2.45) is 0 Å². The highest BCUT2D eigenvalue weighted by Gasteiger charge is 2.20. The Kier molecular flexibility index (Phi) is 2.59. The second kappa shape index (κ2) is 4.20. The van der Waals surface area contributed by atoms with E-state index in [1.54, 1.807) is 0 Å². The number of benzene rings is 2. The Balaban J connectivity index is 2.66. The lowest BCUT2D eigenvalue weighted by molar-refractivity contribution is 0.352. The van der Waals surface area contributed by atoms with Gasteiger partial charge in [-0.1, -0.05) is 0 Å². The van der Waals surface area contributed by atoms with Crippen molar-refractivity contribution in [3.05, 3.63) is 28.6 Å². The molecule has 1 aromatic heterocycles. The van der Waals surface area contributed by atoms with Crippen LogP contribution in [0.4, 0.5) is 0 Å². The SMILES string of the molecule is COc1cc2oc(=O)c3c(O)cc(O)cc3c2c(O)c1O. The average Bonchev–Trinajstić information content (AvgIpc) is 2.41. The van der Waals surface area contributed by atoms with Crippen LogP contribution in [0.5, 0.6) is 28.7 Å². The van der Waals surface area contributed by atoms with Crippen molar-refractivity contribution >= 4 is 21.7 Å². The summed E-state index contributed by atoms with van der Waals surface area (Å²) in [4.78, 5) is 11.9. The number of hydrogen-bond donors (Lipinski definition) is 4. The maximum Gasteiger partial charge on any atom is 0.347 e. The van der Waals surface area contributed by atoms with E-state index in [2.05, 4.69) is 0 Å². The minimum absolute atomic E-state index is 0.0194. The van der Waals surface area contributed by atoms with Gasteiger partial charge in [0.05, 0.1) is 12.5 Å². The first-order valence-electron chi connectivity index (χ1n) is 5.85. The summed E-state index contributed by atoms with van der Waals surface area (Å²) in [6, 6.07) is 3.39. The van der Waals surface area contributed by atoms with E-state index in [1.165, 1.54) is 19.2 Å². The van der Waals surface area contributed by atoms with Crippen molar-refractivity contribution < 1.29 is 29.6 Å².